The largest absolute Gasteiger partial charge is 0.383 e. The maximum atomic E-state index is 6.11. The van der Waals surface area contributed by atoms with Crippen LogP contribution in [0.2, 0.25) is 5.15 Å². The minimum absolute atomic E-state index is 0.442. The third-order valence-electron chi connectivity index (χ3n) is 3.64. The first-order valence-corrected chi connectivity index (χ1v) is 7.50. The summed E-state index contributed by atoms with van der Waals surface area (Å²) in [5.41, 5.74) is 0.770. The van der Waals surface area contributed by atoms with Gasteiger partial charge in [0.1, 0.15) is 12.0 Å². The van der Waals surface area contributed by atoms with Crippen LogP contribution in [-0.4, -0.2) is 58.2 Å². The van der Waals surface area contributed by atoms with Gasteiger partial charge >= 0.3 is 0 Å². The number of halogens is 1. The Morgan fingerprint density at radius 2 is 2.05 bits per heavy atom. The average molecular weight is 324 g/mol. The minimum Gasteiger partial charge on any atom is -0.383 e. The van der Waals surface area contributed by atoms with Crippen LogP contribution in [0.25, 0.3) is 0 Å². The van der Waals surface area contributed by atoms with E-state index in [1.165, 1.54) is 6.33 Å². The minimum atomic E-state index is 0.442. The van der Waals surface area contributed by atoms with E-state index in [9.17, 15) is 0 Å². The van der Waals surface area contributed by atoms with Gasteiger partial charge in [-0.15, -0.1) is 0 Å². The molecule has 0 aliphatic carbocycles. The molecule has 118 valence electrons. The van der Waals surface area contributed by atoms with E-state index in [4.69, 9.17) is 16.1 Å². The average Bonchev–Trinajstić information content (AvgIpc) is 2.93. The summed E-state index contributed by atoms with van der Waals surface area (Å²) < 4.78 is 5.00. The van der Waals surface area contributed by atoms with Crippen molar-refractivity contribution >= 4 is 23.1 Å². The van der Waals surface area contributed by atoms with Crippen molar-refractivity contribution in [3.05, 3.63) is 23.2 Å². The molecule has 0 radical (unpaired) electrons. The fraction of sp³-hybridized carbons (Fsp3) is 0.538. The smallest absolute Gasteiger partial charge is 0.223 e. The number of anilines is 2. The summed E-state index contributed by atoms with van der Waals surface area (Å²) in [5.74, 6) is 2.17. The van der Waals surface area contributed by atoms with Gasteiger partial charge in [-0.25, -0.2) is 9.97 Å². The molecule has 0 saturated carbocycles. The lowest BCUT2D eigenvalue weighted by atomic mass is 10.3. The Morgan fingerprint density at radius 1 is 1.27 bits per heavy atom. The normalized spacial score (nSPS) is 16.0. The molecular weight excluding hydrogens is 306 g/mol. The number of hydrogen-bond donors (Lipinski definition) is 1. The molecule has 2 aromatic rings. The molecule has 9 heteroatoms. The molecule has 0 atom stereocenters. The molecule has 0 unspecified atom stereocenters. The predicted octanol–water partition coefficient (Wildman–Crippen LogP) is 1.19. The molecule has 1 saturated heterocycles. The van der Waals surface area contributed by atoms with Crippen LogP contribution in [0.5, 0.6) is 0 Å². The molecule has 1 aliphatic heterocycles. The van der Waals surface area contributed by atoms with Crippen LogP contribution in [0.1, 0.15) is 11.7 Å². The number of nitrogens with one attached hydrogen (secondary N) is 1. The van der Waals surface area contributed by atoms with Gasteiger partial charge in [-0.05, 0) is 0 Å². The Morgan fingerprint density at radius 3 is 2.68 bits per heavy atom. The number of rotatable bonds is 4. The molecule has 8 nitrogen and oxygen atoms in total. The van der Waals surface area contributed by atoms with Gasteiger partial charge in [0.25, 0.3) is 0 Å². The van der Waals surface area contributed by atoms with Crippen LogP contribution in [0, 0.1) is 6.92 Å². The Labute approximate surface area is 133 Å². The van der Waals surface area contributed by atoms with E-state index in [1.807, 2.05) is 7.05 Å². The summed E-state index contributed by atoms with van der Waals surface area (Å²) in [5, 5.41) is 7.45. The second-order valence-electron chi connectivity index (χ2n) is 5.11. The van der Waals surface area contributed by atoms with Crippen LogP contribution in [-0.2, 0) is 6.54 Å². The summed E-state index contributed by atoms with van der Waals surface area (Å²) in [6.45, 7) is 6.02. The Balaban J connectivity index is 1.63. The van der Waals surface area contributed by atoms with Gasteiger partial charge in [0, 0.05) is 40.2 Å². The molecular formula is C13H18ClN7O. The molecule has 22 heavy (non-hydrogen) atoms. The van der Waals surface area contributed by atoms with E-state index >= 15 is 0 Å². The highest BCUT2D eigenvalue weighted by Gasteiger charge is 2.22. The summed E-state index contributed by atoms with van der Waals surface area (Å²) >= 11 is 6.11. The highest BCUT2D eigenvalue weighted by atomic mass is 35.5. The molecule has 1 N–H and O–H groups in total. The zero-order chi connectivity index (χ0) is 15.5. The summed E-state index contributed by atoms with van der Waals surface area (Å²) in [7, 11) is 1.82. The van der Waals surface area contributed by atoms with Gasteiger partial charge in [-0.1, -0.05) is 16.8 Å². The van der Waals surface area contributed by atoms with Gasteiger partial charge in [0.05, 0.1) is 6.54 Å². The maximum Gasteiger partial charge on any atom is 0.223 e. The van der Waals surface area contributed by atoms with Crippen molar-refractivity contribution in [1.29, 1.82) is 0 Å². The molecule has 0 bridgehead atoms. The summed E-state index contributed by atoms with van der Waals surface area (Å²) in [4.78, 5) is 17.1. The second kappa shape index (κ2) is 6.45. The topological polar surface area (TPSA) is 83.2 Å². The lowest BCUT2D eigenvalue weighted by molar-refractivity contribution is 0.239. The molecule has 0 amide bonds. The molecule has 0 spiro atoms. The second-order valence-corrected chi connectivity index (χ2v) is 5.46. The van der Waals surface area contributed by atoms with Crippen molar-refractivity contribution in [3.63, 3.8) is 0 Å². The predicted molar refractivity (Wildman–Crippen MR) is 83.1 cm³/mol. The molecule has 3 rings (SSSR count). The zero-order valence-corrected chi connectivity index (χ0v) is 13.3. The Kier molecular flexibility index (Phi) is 4.39. The third-order valence-corrected chi connectivity index (χ3v) is 3.92. The molecule has 3 heterocycles. The highest BCUT2D eigenvalue weighted by molar-refractivity contribution is 6.32. The zero-order valence-electron chi connectivity index (χ0n) is 12.6. The van der Waals surface area contributed by atoms with Crippen molar-refractivity contribution in [2.75, 3.05) is 43.4 Å². The van der Waals surface area contributed by atoms with Crippen LogP contribution in [0.3, 0.4) is 0 Å². The van der Waals surface area contributed by atoms with Gasteiger partial charge in [-0.3, -0.25) is 4.90 Å². The molecule has 1 aliphatic rings. The molecule has 0 aromatic carbocycles. The summed E-state index contributed by atoms with van der Waals surface area (Å²) in [6.07, 6.45) is 1.49. The van der Waals surface area contributed by atoms with Crippen molar-refractivity contribution in [1.82, 2.24) is 25.0 Å². The monoisotopic (exact) mass is 323 g/mol. The number of piperazine rings is 1. The Bertz CT molecular complexity index is 639. The highest BCUT2D eigenvalue weighted by Crippen LogP contribution is 2.29. The number of nitrogens with zero attached hydrogens (tertiary/aromatic N) is 6. The van der Waals surface area contributed by atoms with E-state index in [0.29, 0.717) is 17.6 Å². The van der Waals surface area contributed by atoms with Gasteiger partial charge in [-0.2, -0.15) is 4.98 Å². The third kappa shape index (κ3) is 3.12. The van der Waals surface area contributed by atoms with E-state index in [2.05, 4.69) is 35.2 Å². The van der Waals surface area contributed by atoms with E-state index in [1.54, 1.807) is 6.92 Å². The standard InChI is InChI=1S/C13H18ClN7O/c1-9-18-10(19-22-9)7-20-3-5-21(6-4-20)13-11(15-2)12(14)16-8-17-13/h8,15H,3-7H2,1-2H3. The van der Waals surface area contributed by atoms with Crippen molar-refractivity contribution in [2.45, 2.75) is 13.5 Å². The van der Waals surface area contributed by atoms with Crippen LogP contribution < -0.4 is 10.2 Å². The number of hydrogen-bond acceptors (Lipinski definition) is 8. The molecule has 1 fully saturated rings. The van der Waals surface area contributed by atoms with E-state index in [-0.39, 0.29) is 0 Å². The maximum absolute atomic E-state index is 6.11. The van der Waals surface area contributed by atoms with Gasteiger partial charge in [0.2, 0.25) is 5.89 Å². The summed E-state index contributed by atoms with van der Waals surface area (Å²) in [6, 6.07) is 0. The van der Waals surface area contributed by atoms with E-state index in [0.717, 1.165) is 43.5 Å². The van der Waals surface area contributed by atoms with E-state index < -0.39 is 0 Å². The van der Waals surface area contributed by atoms with Gasteiger partial charge < -0.3 is 14.7 Å². The quantitative estimate of drug-likeness (QED) is 0.840. The first kappa shape index (κ1) is 15.0. The van der Waals surface area contributed by atoms with Crippen LogP contribution in [0.4, 0.5) is 11.5 Å². The van der Waals surface area contributed by atoms with Crippen molar-refractivity contribution in [2.24, 2.45) is 0 Å². The first-order chi connectivity index (χ1) is 10.7. The lowest BCUT2D eigenvalue weighted by Gasteiger charge is -2.35. The first-order valence-electron chi connectivity index (χ1n) is 7.12. The van der Waals surface area contributed by atoms with Crippen LogP contribution in [0.15, 0.2) is 10.9 Å². The fourth-order valence-electron chi connectivity index (χ4n) is 2.53. The van der Waals surface area contributed by atoms with Gasteiger partial charge in [0.15, 0.2) is 16.8 Å². The van der Waals surface area contributed by atoms with Crippen molar-refractivity contribution in [3.8, 4) is 0 Å². The number of aryl methyl sites for hydroxylation is 1. The number of aromatic nitrogens is 4. The lowest BCUT2D eigenvalue weighted by Crippen LogP contribution is -2.46. The van der Waals surface area contributed by atoms with Crippen molar-refractivity contribution < 1.29 is 4.52 Å². The SMILES string of the molecule is CNc1c(Cl)ncnc1N1CCN(Cc2noc(C)n2)CC1. The fourth-order valence-corrected chi connectivity index (χ4v) is 2.76. The van der Waals surface area contributed by atoms with Crippen LogP contribution >= 0.6 is 11.6 Å². The molecule has 2 aromatic heterocycles. The Hall–Kier alpha value is -1.93.